The highest BCUT2D eigenvalue weighted by Crippen LogP contribution is 2.18. The fourth-order valence-electron chi connectivity index (χ4n) is 1.97. The number of amides is 1. The van der Waals surface area contributed by atoms with Gasteiger partial charge in [0.2, 0.25) is 5.91 Å². The number of esters is 1. The van der Waals surface area contributed by atoms with Crippen LogP contribution in [0.3, 0.4) is 0 Å². The van der Waals surface area contributed by atoms with Gasteiger partial charge in [-0.3, -0.25) is 9.59 Å². The van der Waals surface area contributed by atoms with Crippen molar-refractivity contribution < 1.29 is 24.2 Å². The molecule has 0 radical (unpaired) electrons. The topological polar surface area (TPSA) is 76.1 Å². The molecule has 0 bridgehead atoms. The zero-order chi connectivity index (χ0) is 13.4. The smallest absolute Gasteiger partial charge is 0.310 e. The first-order valence-electron chi connectivity index (χ1n) is 6.32. The van der Waals surface area contributed by atoms with Gasteiger partial charge in [-0.05, 0) is 19.8 Å². The van der Waals surface area contributed by atoms with E-state index in [2.05, 4.69) is 0 Å². The monoisotopic (exact) mass is 259 g/mol. The zero-order valence-electron chi connectivity index (χ0n) is 10.8. The highest BCUT2D eigenvalue weighted by molar-refractivity contribution is 5.79. The van der Waals surface area contributed by atoms with Crippen LogP contribution in [0.1, 0.15) is 19.8 Å². The highest BCUT2D eigenvalue weighted by Gasteiger charge is 2.29. The molecule has 1 saturated heterocycles. The van der Waals surface area contributed by atoms with Crippen molar-refractivity contribution in [3.05, 3.63) is 0 Å². The molecule has 6 heteroatoms. The first-order valence-corrected chi connectivity index (χ1v) is 6.32. The molecule has 0 saturated carbocycles. The number of aliphatic hydroxyl groups excluding tert-OH is 1. The number of piperidine rings is 1. The Labute approximate surface area is 107 Å². The van der Waals surface area contributed by atoms with Crippen molar-refractivity contribution in [1.29, 1.82) is 0 Å². The summed E-state index contributed by atoms with van der Waals surface area (Å²) in [7, 11) is 0. The molecule has 1 unspecified atom stereocenters. The van der Waals surface area contributed by atoms with Crippen molar-refractivity contribution in [2.45, 2.75) is 19.8 Å². The Morgan fingerprint density at radius 2 is 2.22 bits per heavy atom. The fraction of sp³-hybridized carbons (Fsp3) is 0.833. The molecule has 0 aromatic heterocycles. The Bertz CT molecular complexity index is 282. The molecule has 6 nitrogen and oxygen atoms in total. The van der Waals surface area contributed by atoms with Crippen molar-refractivity contribution in [3.63, 3.8) is 0 Å². The van der Waals surface area contributed by atoms with Gasteiger partial charge < -0.3 is 19.5 Å². The Morgan fingerprint density at radius 1 is 1.44 bits per heavy atom. The van der Waals surface area contributed by atoms with E-state index in [4.69, 9.17) is 14.6 Å². The molecule has 1 heterocycles. The Morgan fingerprint density at radius 3 is 2.89 bits per heavy atom. The number of hydrogen-bond acceptors (Lipinski definition) is 5. The van der Waals surface area contributed by atoms with E-state index in [9.17, 15) is 9.59 Å². The quantitative estimate of drug-likeness (QED) is 0.528. The lowest BCUT2D eigenvalue weighted by Gasteiger charge is -2.31. The zero-order valence-corrected chi connectivity index (χ0v) is 10.8. The first-order chi connectivity index (χ1) is 8.69. The maximum atomic E-state index is 11.8. The summed E-state index contributed by atoms with van der Waals surface area (Å²) >= 11 is 0. The molecule has 18 heavy (non-hydrogen) atoms. The van der Waals surface area contributed by atoms with Gasteiger partial charge in [0.15, 0.2) is 0 Å². The molecule has 0 aliphatic carbocycles. The van der Waals surface area contributed by atoms with Gasteiger partial charge in [0.25, 0.3) is 0 Å². The van der Waals surface area contributed by atoms with Crippen molar-refractivity contribution in [3.8, 4) is 0 Å². The Kier molecular flexibility index (Phi) is 6.67. The SMILES string of the molecule is CCOC(=O)C1CCCN(C(=O)COCCO)C1. The summed E-state index contributed by atoms with van der Waals surface area (Å²) in [6.07, 6.45) is 1.56. The normalized spacial score (nSPS) is 19.7. The van der Waals surface area contributed by atoms with E-state index in [1.54, 1.807) is 11.8 Å². The third-order valence-corrected chi connectivity index (χ3v) is 2.86. The van der Waals surface area contributed by atoms with Crippen LogP contribution in [-0.4, -0.2) is 61.4 Å². The third-order valence-electron chi connectivity index (χ3n) is 2.86. The lowest BCUT2D eigenvalue weighted by atomic mass is 9.98. The molecule has 1 rings (SSSR count). The summed E-state index contributed by atoms with van der Waals surface area (Å²) in [5, 5.41) is 8.55. The summed E-state index contributed by atoms with van der Waals surface area (Å²) in [5.41, 5.74) is 0. The Balaban J connectivity index is 2.38. The maximum Gasteiger partial charge on any atom is 0.310 e. The molecule has 1 N–H and O–H groups in total. The van der Waals surface area contributed by atoms with Gasteiger partial charge in [-0.25, -0.2) is 0 Å². The lowest BCUT2D eigenvalue weighted by Crippen LogP contribution is -2.44. The van der Waals surface area contributed by atoms with Gasteiger partial charge >= 0.3 is 5.97 Å². The third kappa shape index (κ3) is 4.62. The molecule has 1 atom stereocenters. The molecular formula is C12H21NO5. The minimum Gasteiger partial charge on any atom is -0.466 e. The van der Waals surface area contributed by atoms with Crippen molar-refractivity contribution >= 4 is 11.9 Å². The predicted octanol–water partition coefficient (Wildman–Crippen LogP) is -0.203. The number of carbonyl (C=O) groups is 2. The van der Waals surface area contributed by atoms with Crippen LogP contribution < -0.4 is 0 Å². The molecule has 1 aliphatic heterocycles. The number of aliphatic hydroxyl groups is 1. The van der Waals surface area contributed by atoms with Gasteiger partial charge in [0.1, 0.15) is 6.61 Å². The molecule has 1 amide bonds. The summed E-state index contributed by atoms with van der Waals surface area (Å²) in [6, 6.07) is 0. The fourth-order valence-corrected chi connectivity index (χ4v) is 1.97. The minimum atomic E-state index is -0.230. The molecule has 0 aromatic carbocycles. The van der Waals surface area contributed by atoms with E-state index in [0.717, 1.165) is 12.8 Å². The number of likely N-dealkylation sites (tertiary alicyclic amines) is 1. The summed E-state index contributed by atoms with van der Waals surface area (Å²) < 4.78 is 9.95. The van der Waals surface area contributed by atoms with Gasteiger partial charge in [-0.1, -0.05) is 0 Å². The predicted molar refractivity (Wildman–Crippen MR) is 63.8 cm³/mol. The van der Waals surface area contributed by atoms with E-state index in [-0.39, 0.29) is 37.6 Å². The summed E-state index contributed by atoms with van der Waals surface area (Å²) in [6.45, 7) is 3.20. The van der Waals surface area contributed by atoms with E-state index in [0.29, 0.717) is 19.7 Å². The Hall–Kier alpha value is -1.14. The van der Waals surface area contributed by atoms with E-state index in [1.807, 2.05) is 0 Å². The van der Waals surface area contributed by atoms with Crippen LogP contribution in [0.2, 0.25) is 0 Å². The summed E-state index contributed by atoms with van der Waals surface area (Å²) in [5.74, 6) is -0.593. The average molecular weight is 259 g/mol. The van der Waals surface area contributed by atoms with Gasteiger partial charge in [0.05, 0.1) is 25.7 Å². The largest absolute Gasteiger partial charge is 0.466 e. The lowest BCUT2D eigenvalue weighted by molar-refractivity contribution is -0.152. The van der Waals surface area contributed by atoms with E-state index >= 15 is 0 Å². The standard InChI is InChI=1S/C12H21NO5/c1-2-18-12(16)10-4-3-5-13(8-10)11(15)9-17-7-6-14/h10,14H,2-9H2,1H3. The number of hydrogen-bond donors (Lipinski definition) is 1. The number of carbonyl (C=O) groups excluding carboxylic acids is 2. The van der Waals surface area contributed by atoms with Crippen LogP contribution in [-0.2, 0) is 19.1 Å². The van der Waals surface area contributed by atoms with Crippen molar-refractivity contribution in [1.82, 2.24) is 4.90 Å². The second kappa shape index (κ2) is 8.05. The van der Waals surface area contributed by atoms with Crippen molar-refractivity contribution in [2.75, 3.05) is 39.5 Å². The molecule has 1 fully saturated rings. The minimum absolute atomic E-state index is 0.0455. The first kappa shape index (κ1) is 14.9. The van der Waals surface area contributed by atoms with Gasteiger partial charge in [-0.2, -0.15) is 0 Å². The van der Waals surface area contributed by atoms with E-state index < -0.39 is 0 Å². The average Bonchev–Trinajstić information content (AvgIpc) is 2.39. The van der Waals surface area contributed by atoms with Crippen LogP contribution in [0, 0.1) is 5.92 Å². The van der Waals surface area contributed by atoms with Crippen LogP contribution >= 0.6 is 0 Å². The number of ether oxygens (including phenoxy) is 2. The van der Waals surface area contributed by atoms with Gasteiger partial charge in [-0.15, -0.1) is 0 Å². The second-order valence-electron chi connectivity index (χ2n) is 4.21. The number of rotatable bonds is 6. The van der Waals surface area contributed by atoms with Crippen LogP contribution in [0.15, 0.2) is 0 Å². The molecule has 0 spiro atoms. The maximum absolute atomic E-state index is 11.8. The highest BCUT2D eigenvalue weighted by atomic mass is 16.5. The molecular weight excluding hydrogens is 238 g/mol. The van der Waals surface area contributed by atoms with Gasteiger partial charge in [0, 0.05) is 13.1 Å². The number of nitrogens with zero attached hydrogens (tertiary/aromatic N) is 1. The van der Waals surface area contributed by atoms with E-state index in [1.165, 1.54) is 0 Å². The second-order valence-corrected chi connectivity index (χ2v) is 4.21. The van der Waals surface area contributed by atoms with Crippen LogP contribution in [0.4, 0.5) is 0 Å². The van der Waals surface area contributed by atoms with Crippen LogP contribution in [0.25, 0.3) is 0 Å². The molecule has 1 aliphatic rings. The van der Waals surface area contributed by atoms with Crippen LogP contribution in [0.5, 0.6) is 0 Å². The molecule has 104 valence electrons. The molecule has 0 aromatic rings. The summed E-state index contributed by atoms with van der Waals surface area (Å²) in [4.78, 5) is 25.0. The van der Waals surface area contributed by atoms with Crippen molar-refractivity contribution in [2.24, 2.45) is 5.92 Å².